The van der Waals surface area contributed by atoms with Gasteiger partial charge in [-0.25, -0.2) is 0 Å². The zero-order valence-corrected chi connectivity index (χ0v) is 45.3. The molecule has 0 aliphatic heterocycles. The second-order valence-electron chi connectivity index (χ2n) is 17.2. The predicted molar refractivity (Wildman–Crippen MR) is 275 cm³/mol. The quantitative estimate of drug-likeness (QED) is 0.0623. The van der Waals surface area contributed by atoms with Gasteiger partial charge in [0.05, 0.1) is 28.4 Å². The standard InChI is InChI=1S/2C28H35O4P.Fe/c2*1-9-22-10-11-26(25(22)16-32-21(6)29)33(23-12-17(2)27(30-7)18(3)13-23)24-14-19(4)28(31-8)20(5)15-24;/h2*10-15,25H,9,16H2,1-8H3;/q;;+2. The van der Waals surface area contributed by atoms with Gasteiger partial charge in [-0.2, -0.15) is 0 Å². The van der Waals surface area contributed by atoms with Crippen LogP contribution in [0.15, 0.2) is 94.6 Å². The van der Waals surface area contributed by atoms with Crippen molar-refractivity contribution in [2.45, 2.75) is 95.9 Å². The molecular formula is C56H70FeO8P2+2. The van der Waals surface area contributed by atoms with Gasteiger partial charge in [-0.15, -0.1) is 0 Å². The maximum atomic E-state index is 11.6. The van der Waals surface area contributed by atoms with Crippen molar-refractivity contribution in [2.24, 2.45) is 11.8 Å². The number of allylic oxidation sites excluding steroid dienone is 4. The largest absolute Gasteiger partial charge is 2.00 e. The van der Waals surface area contributed by atoms with Crippen molar-refractivity contribution in [3.63, 3.8) is 0 Å². The van der Waals surface area contributed by atoms with Crippen molar-refractivity contribution in [3.05, 3.63) is 139 Å². The molecule has 0 aromatic heterocycles. The molecule has 0 N–H and O–H groups in total. The summed E-state index contributed by atoms with van der Waals surface area (Å²) >= 11 is 0. The smallest absolute Gasteiger partial charge is 0.496 e. The van der Waals surface area contributed by atoms with Crippen molar-refractivity contribution in [1.82, 2.24) is 0 Å². The number of hydrogen-bond acceptors (Lipinski definition) is 8. The molecule has 11 heteroatoms. The molecule has 6 rings (SSSR count). The molecule has 0 radical (unpaired) electrons. The first-order valence-corrected chi connectivity index (χ1v) is 25.4. The van der Waals surface area contributed by atoms with E-state index in [1.165, 1.54) is 56.8 Å². The number of aryl methyl sites for hydroxylation is 8. The molecule has 67 heavy (non-hydrogen) atoms. The van der Waals surface area contributed by atoms with E-state index >= 15 is 0 Å². The summed E-state index contributed by atoms with van der Waals surface area (Å²) in [4.78, 5) is 23.3. The Bertz CT molecular complexity index is 2200. The van der Waals surface area contributed by atoms with E-state index < -0.39 is 15.8 Å². The third-order valence-electron chi connectivity index (χ3n) is 12.4. The van der Waals surface area contributed by atoms with E-state index in [1.807, 2.05) is 0 Å². The van der Waals surface area contributed by atoms with Crippen LogP contribution in [0.2, 0.25) is 0 Å². The van der Waals surface area contributed by atoms with E-state index in [2.05, 4.69) is 142 Å². The van der Waals surface area contributed by atoms with Crippen LogP contribution in [0.5, 0.6) is 23.0 Å². The molecule has 4 aromatic rings. The number of ether oxygens (including phenoxy) is 6. The van der Waals surface area contributed by atoms with Crippen LogP contribution in [0.4, 0.5) is 0 Å². The van der Waals surface area contributed by atoms with Gasteiger partial charge in [0.25, 0.3) is 0 Å². The molecule has 0 heterocycles. The molecule has 8 nitrogen and oxygen atoms in total. The van der Waals surface area contributed by atoms with Crippen LogP contribution in [0.25, 0.3) is 0 Å². The van der Waals surface area contributed by atoms with Crippen molar-refractivity contribution in [2.75, 3.05) is 41.7 Å². The van der Waals surface area contributed by atoms with Gasteiger partial charge in [0.1, 0.15) is 36.2 Å². The molecule has 0 saturated carbocycles. The Morgan fingerprint density at radius 2 is 0.657 bits per heavy atom. The summed E-state index contributed by atoms with van der Waals surface area (Å²) < 4.78 is 33.6. The van der Waals surface area contributed by atoms with Crippen LogP contribution in [0, 0.1) is 67.2 Å². The molecule has 0 saturated heterocycles. The molecule has 0 bridgehead atoms. The fraction of sp³-hybridized carbons (Fsp3) is 0.393. The number of hydrogen-bond donors (Lipinski definition) is 0. The minimum atomic E-state index is -0.847. The summed E-state index contributed by atoms with van der Waals surface area (Å²) in [7, 11) is 5.19. The Balaban J connectivity index is 0.000000288. The Morgan fingerprint density at radius 1 is 0.433 bits per heavy atom. The van der Waals surface area contributed by atoms with Gasteiger partial charge in [-0.3, -0.25) is 9.59 Å². The number of carbonyl (C=O) groups is 2. The molecule has 2 aliphatic rings. The average molecular weight is 989 g/mol. The number of methoxy groups -OCH3 is 4. The topological polar surface area (TPSA) is 89.5 Å². The second kappa shape index (κ2) is 24.6. The first kappa shape index (κ1) is 55.0. The number of benzene rings is 4. The Kier molecular flexibility index (Phi) is 20.2. The molecule has 0 fully saturated rings. The summed E-state index contributed by atoms with van der Waals surface area (Å²) in [6, 6.07) is 18.0. The maximum Gasteiger partial charge on any atom is 2.00 e. The summed E-state index contributed by atoms with van der Waals surface area (Å²) in [6.45, 7) is 24.8. The van der Waals surface area contributed by atoms with E-state index in [0.29, 0.717) is 13.2 Å². The number of carbonyl (C=O) groups excluding carboxylic acids is 2. The minimum absolute atomic E-state index is 0. The van der Waals surface area contributed by atoms with Gasteiger partial charge in [-0.1, -0.05) is 49.3 Å². The third kappa shape index (κ3) is 12.5. The SMILES string of the molecule is CCC1=CC=C(P(c2cc(C)c(OC)c(C)c2)c2cc(C)c(OC)c(C)c2)C1COC(C)=O.CCC1=CC=C(P(c2cc(C)c(OC)c(C)c2)c2cc(C)c(OC)c(C)c2)C1COC(C)=O.[Fe+2]. The minimum Gasteiger partial charge on any atom is -0.496 e. The van der Waals surface area contributed by atoms with Gasteiger partial charge < -0.3 is 28.4 Å². The first-order chi connectivity index (χ1) is 31.4. The van der Waals surface area contributed by atoms with Gasteiger partial charge in [0.15, 0.2) is 0 Å². The molecule has 2 unspecified atom stereocenters. The van der Waals surface area contributed by atoms with E-state index in [-0.39, 0.29) is 40.8 Å². The van der Waals surface area contributed by atoms with Crippen LogP contribution in [0.3, 0.4) is 0 Å². The normalized spacial score (nSPS) is 15.1. The first-order valence-electron chi connectivity index (χ1n) is 22.7. The third-order valence-corrected chi connectivity index (χ3v) is 17.5. The molecule has 2 atom stereocenters. The van der Waals surface area contributed by atoms with Crippen molar-refractivity contribution in [3.8, 4) is 23.0 Å². The van der Waals surface area contributed by atoms with E-state index in [9.17, 15) is 9.59 Å². The second-order valence-corrected chi connectivity index (χ2v) is 21.6. The van der Waals surface area contributed by atoms with Crippen LogP contribution >= 0.6 is 15.8 Å². The van der Waals surface area contributed by atoms with Crippen molar-refractivity contribution >= 4 is 49.0 Å². The average Bonchev–Trinajstić information content (AvgIpc) is 3.85. The zero-order valence-electron chi connectivity index (χ0n) is 42.4. The maximum absolute atomic E-state index is 11.6. The number of esters is 2. The molecular weight excluding hydrogens is 918 g/mol. The van der Waals surface area contributed by atoms with Gasteiger partial charge >= 0.3 is 29.0 Å². The van der Waals surface area contributed by atoms with Crippen LogP contribution in [0.1, 0.15) is 85.0 Å². The van der Waals surface area contributed by atoms with Crippen LogP contribution < -0.4 is 40.2 Å². The summed E-state index contributed by atoms with van der Waals surface area (Å²) in [5.41, 5.74) is 11.6. The van der Waals surface area contributed by atoms with Gasteiger partial charge in [0, 0.05) is 25.7 Å². The fourth-order valence-corrected chi connectivity index (χ4v) is 15.5. The Morgan fingerprint density at radius 3 is 0.836 bits per heavy atom. The van der Waals surface area contributed by atoms with Gasteiger partial charge in [0.2, 0.25) is 0 Å². The summed E-state index contributed by atoms with van der Waals surface area (Å²) in [5.74, 6) is 3.42. The monoisotopic (exact) mass is 988 g/mol. The molecule has 0 spiro atoms. The summed E-state index contributed by atoms with van der Waals surface area (Å²) in [5, 5.41) is 7.72. The predicted octanol–water partition coefficient (Wildman–Crippen LogP) is 11.6. The van der Waals surface area contributed by atoms with Crippen molar-refractivity contribution in [1.29, 1.82) is 0 Å². The van der Waals surface area contributed by atoms with E-state index in [4.69, 9.17) is 28.4 Å². The zero-order chi connectivity index (χ0) is 48.6. The van der Waals surface area contributed by atoms with Crippen molar-refractivity contribution < 1.29 is 55.1 Å². The molecule has 4 aromatic carbocycles. The van der Waals surface area contributed by atoms with Crippen LogP contribution in [-0.2, 0) is 36.1 Å². The Labute approximate surface area is 413 Å². The van der Waals surface area contributed by atoms with E-state index in [0.717, 1.165) is 80.3 Å². The molecule has 2 aliphatic carbocycles. The molecule has 358 valence electrons. The number of rotatable bonds is 16. The molecule has 0 amide bonds. The Hall–Kier alpha value is -4.64. The summed E-state index contributed by atoms with van der Waals surface area (Å²) in [6.07, 6.45) is 10.8. The van der Waals surface area contributed by atoms with Crippen LogP contribution in [-0.4, -0.2) is 53.6 Å². The fourth-order valence-electron chi connectivity index (χ4n) is 9.61. The van der Waals surface area contributed by atoms with Gasteiger partial charge in [-0.05, 0) is 209 Å². The van der Waals surface area contributed by atoms with E-state index in [1.54, 1.807) is 28.4 Å².